The van der Waals surface area contributed by atoms with Gasteiger partial charge >= 0.3 is 0 Å². The molecule has 0 radical (unpaired) electrons. The number of halogens is 1. The van der Waals surface area contributed by atoms with Crippen LogP contribution in [0.1, 0.15) is 36.5 Å². The minimum Gasteiger partial charge on any atom is -0.377 e. The summed E-state index contributed by atoms with van der Waals surface area (Å²) in [7, 11) is 0. The lowest BCUT2D eigenvalue weighted by Gasteiger charge is -2.21. The van der Waals surface area contributed by atoms with Crippen LogP contribution >= 0.6 is 0 Å². The van der Waals surface area contributed by atoms with E-state index in [-0.39, 0.29) is 11.7 Å². The minimum absolute atomic E-state index is 0.0161. The van der Waals surface area contributed by atoms with Crippen molar-refractivity contribution in [1.82, 2.24) is 10.2 Å². The number of hydrogen-bond donors (Lipinski definition) is 1. The van der Waals surface area contributed by atoms with Crippen molar-refractivity contribution in [2.45, 2.75) is 45.5 Å². The lowest BCUT2D eigenvalue weighted by molar-refractivity contribution is -0.122. The van der Waals surface area contributed by atoms with Crippen LogP contribution in [0.2, 0.25) is 0 Å². The molecule has 0 bridgehead atoms. The molecule has 1 aliphatic carbocycles. The maximum absolute atomic E-state index is 13.1. The van der Waals surface area contributed by atoms with E-state index in [1.807, 2.05) is 31.2 Å². The lowest BCUT2D eigenvalue weighted by atomic mass is 10.1. The molecule has 0 spiro atoms. The second-order valence-corrected chi connectivity index (χ2v) is 6.99. The van der Waals surface area contributed by atoms with Crippen LogP contribution in [0.5, 0.6) is 0 Å². The number of benzene rings is 2. The highest BCUT2D eigenvalue weighted by atomic mass is 19.1. The fourth-order valence-corrected chi connectivity index (χ4v) is 2.99. The van der Waals surface area contributed by atoms with E-state index in [2.05, 4.69) is 10.2 Å². The van der Waals surface area contributed by atoms with Crippen LogP contribution in [-0.2, 0) is 29.2 Å². The van der Waals surface area contributed by atoms with Crippen molar-refractivity contribution >= 4 is 5.91 Å². The second-order valence-electron chi connectivity index (χ2n) is 6.99. The van der Waals surface area contributed by atoms with Gasteiger partial charge in [-0.2, -0.15) is 0 Å². The zero-order valence-electron chi connectivity index (χ0n) is 15.8. The van der Waals surface area contributed by atoms with Crippen LogP contribution in [0.25, 0.3) is 0 Å². The third-order valence-corrected chi connectivity index (χ3v) is 4.69. The summed E-state index contributed by atoms with van der Waals surface area (Å²) < 4.78 is 18.5. The summed E-state index contributed by atoms with van der Waals surface area (Å²) in [6.45, 7) is 4.85. The zero-order chi connectivity index (χ0) is 19.1. The maximum atomic E-state index is 13.1. The Morgan fingerprint density at radius 3 is 2.33 bits per heavy atom. The van der Waals surface area contributed by atoms with Gasteiger partial charge in [0.2, 0.25) is 5.91 Å². The normalized spacial score (nSPS) is 13.7. The van der Waals surface area contributed by atoms with Crippen molar-refractivity contribution < 1.29 is 13.9 Å². The molecule has 1 aliphatic rings. The molecular weight excluding hydrogens is 343 g/mol. The minimum atomic E-state index is -0.234. The van der Waals surface area contributed by atoms with Crippen LogP contribution in [0.3, 0.4) is 0 Å². The lowest BCUT2D eigenvalue weighted by Crippen LogP contribution is -2.37. The van der Waals surface area contributed by atoms with E-state index in [1.54, 1.807) is 12.1 Å². The molecule has 5 heteroatoms. The van der Waals surface area contributed by atoms with Gasteiger partial charge in [0.1, 0.15) is 5.82 Å². The number of amides is 1. The molecule has 27 heavy (non-hydrogen) atoms. The number of nitrogens with one attached hydrogen (secondary N) is 1. The van der Waals surface area contributed by atoms with Crippen LogP contribution in [-0.4, -0.2) is 30.0 Å². The molecule has 3 rings (SSSR count). The predicted octanol–water partition coefficient (Wildman–Crippen LogP) is 3.64. The monoisotopic (exact) mass is 370 g/mol. The van der Waals surface area contributed by atoms with Gasteiger partial charge in [-0.1, -0.05) is 36.4 Å². The first-order chi connectivity index (χ1) is 13.1. The van der Waals surface area contributed by atoms with E-state index in [0.29, 0.717) is 38.9 Å². The van der Waals surface area contributed by atoms with Gasteiger partial charge in [-0.25, -0.2) is 4.39 Å². The Bertz CT molecular complexity index is 727. The predicted molar refractivity (Wildman–Crippen MR) is 103 cm³/mol. The van der Waals surface area contributed by atoms with Crippen molar-refractivity contribution in [2.75, 3.05) is 13.2 Å². The largest absolute Gasteiger partial charge is 0.377 e. The van der Waals surface area contributed by atoms with E-state index < -0.39 is 0 Å². The summed E-state index contributed by atoms with van der Waals surface area (Å²) in [5.74, 6) is -0.218. The molecule has 0 atom stereocenters. The quantitative estimate of drug-likeness (QED) is 0.694. The molecule has 0 aliphatic heterocycles. The average Bonchev–Trinajstić information content (AvgIpc) is 3.52. The third-order valence-electron chi connectivity index (χ3n) is 4.69. The van der Waals surface area contributed by atoms with Gasteiger partial charge in [0.05, 0.1) is 13.2 Å². The Morgan fingerprint density at radius 1 is 1.07 bits per heavy atom. The smallest absolute Gasteiger partial charge is 0.234 e. The summed E-state index contributed by atoms with van der Waals surface area (Å²) in [5.41, 5.74) is 3.23. The Hall–Kier alpha value is -2.24. The van der Waals surface area contributed by atoms with Crippen molar-refractivity contribution in [1.29, 1.82) is 0 Å². The molecule has 1 fully saturated rings. The maximum Gasteiger partial charge on any atom is 0.234 e. The highest BCUT2D eigenvalue weighted by Crippen LogP contribution is 2.28. The molecule has 0 unspecified atom stereocenters. The summed E-state index contributed by atoms with van der Waals surface area (Å²) in [6.07, 6.45) is 2.24. The van der Waals surface area contributed by atoms with Crippen LogP contribution < -0.4 is 5.32 Å². The molecular formula is C22H27FN2O2. The Morgan fingerprint density at radius 2 is 1.70 bits per heavy atom. The van der Waals surface area contributed by atoms with Crippen LogP contribution in [0, 0.1) is 5.82 Å². The van der Waals surface area contributed by atoms with Crippen molar-refractivity contribution in [3.8, 4) is 0 Å². The first-order valence-electron chi connectivity index (χ1n) is 9.55. The average molecular weight is 370 g/mol. The summed E-state index contributed by atoms with van der Waals surface area (Å²) in [4.78, 5) is 14.6. The van der Waals surface area contributed by atoms with E-state index in [9.17, 15) is 9.18 Å². The summed E-state index contributed by atoms with van der Waals surface area (Å²) in [5, 5.41) is 3.00. The van der Waals surface area contributed by atoms with E-state index in [0.717, 1.165) is 29.5 Å². The van der Waals surface area contributed by atoms with Gasteiger partial charge in [0, 0.05) is 25.7 Å². The van der Waals surface area contributed by atoms with Crippen molar-refractivity contribution in [3.63, 3.8) is 0 Å². The van der Waals surface area contributed by atoms with Gasteiger partial charge in [-0.15, -0.1) is 0 Å². The van der Waals surface area contributed by atoms with Gasteiger partial charge in [0.15, 0.2) is 0 Å². The van der Waals surface area contributed by atoms with Crippen molar-refractivity contribution in [2.24, 2.45) is 0 Å². The number of carbonyl (C=O) groups excluding carboxylic acids is 1. The van der Waals surface area contributed by atoms with Crippen LogP contribution in [0.15, 0.2) is 48.5 Å². The third kappa shape index (κ3) is 6.45. The first-order valence-corrected chi connectivity index (χ1v) is 9.55. The highest BCUT2D eigenvalue weighted by Gasteiger charge is 2.30. The molecule has 0 saturated heterocycles. The summed E-state index contributed by atoms with van der Waals surface area (Å²) in [6, 6.07) is 15.1. The molecule has 1 N–H and O–H groups in total. The van der Waals surface area contributed by atoms with Gasteiger partial charge in [-0.3, -0.25) is 9.69 Å². The molecule has 4 nitrogen and oxygen atoms in total. The standard InChI is InChI=1S/C22H27FN2O2/c1-2-27-16-19-5-3-17(4-6-19)13-24-22(26)15-25(21-11-12-21)14-18-7-9-20(23)10-8-18/h3-10,21H,2,11-16H2,1H3,(H,24,26). The number of carbonyl (C=O) groups is 1. The summed E-state index contributed by atoms with van der Waals surface area (Å²) >= 11 is 0. The number of rotatable bonds is 10. The molecule has 144 valence electrons. The fourth-order valence-electron chi connectivity index (χ4n) is 2.99. The first kappa shape index (κ1) is 19.5. The van der Waals surface area contributed by atoms with Crippen molar-refractivity contribution in [3.05, 3.63) is 71.0 Å². The van der Waals surface area contributed by atoms with E-state index >= 15 is 0 Å². The highest BCUT2D eigenvalue weighted by molar-refractivity contribution is 5.78. The molecule has 2 aromatic rings. The topological polar surface area (TPSA) is 41.6 Å². The van der Waals surface area contributed by atoms with Gasteiger partial charge < -0.3 is 10.1 Å². The molecule has 0 heterocycles. The van der Waals surface area contributed by atoms with Crippen LogP contribution in [0.4, 0.5) is 4.39 Å². The number of ether oxygens (including phenoxy) is 1. The number of nitrogens with zero attached hydrogens (tertiary/aromatic N) is 1. The second kappa shape index (κ2) is 9.62. The van der Waals surface area contributed by atoms with E-state index in [4.69, 9.17) is 4.74 Å². The Kier molecular flexibility index (Phi) is 6.96. The molecule has 1 saturated carbocycles. The number of hydrogen-bond acceptors (Lipinski definition) is 3. The van der Waals surface area contributed by atoms with Gasteiger partial charge in [0.25, 0.3) is 0 Å². The molecule has 1 amide bonds. The SMILES string of the molecule is CCOCc1ccc(CNC(=O)CN(Cc2ccc(F)cc2)C2CC2)cc1. The van der Waals surface area contributed by atoms with E-state index in [1.165, 1.54) is 12.1 Å². The Labute approximate surface area is 160 Å². The van der Waals surface area contributed by atoms with Gasteiger partial charge in [-0.05, 0) is 48.6 Å². The Balaban J connectivity index is 1.47. The fraction of sp³-hybridized carbons (Fsp3) is 0.409. The zero-order valence-corrected chi connectivity index (χ0v) is 15.8. The molecule has 0 aromatic heterocycles. The molecule has 2 aromatic carbocycles.